The molecule has 0 fully saturated rings. The minimum Gasteiger partial charge on any atom is -0.383 e. The monoisotopic (exact) mass is 328 g/mol. The van der Waals surface area contributed by atoms with Gasteiger partial charge in [0.15, 0.2) is 5.65 Å². The van der Waals surface area contributed by atoms with Crippen molar-refractivity contribution in [3.05, 3.63) is 41.5 Å². The number of carbonyl (C=O) groups excluding carboxylic acids is 1. The zero-order chi connectivity index (χ0) is 17.5. The maximum Gasteiger partial charge on any atom is 0.252 e. The van der Waals surface area contributed by atoms with E-state index in [9.17, 15) is 9.90 Å². The lowest BCUT2D eigenvalue weighted by atomic mass is 9.99. The summed E-state index contributed by atoms with van der Waals surface area (Å²) < 4.78 is 3.29. The molecule has 8 nitrogen and oxygen atoms in total. The van der Waals surface area contributed by atoms with E-state index < -0.39 is 5.60 Å². The number of nitrogens with zero attached hydrogens (tertiary/aromatic N) is 5. The summed E-state index contributed by atoms with van der Waals surface area (Å²) in [6.45, 7) is 3.58. The van der Waals surface area contributed by atoms with Gasteiger partial charge in [0.2, 0.25) is 0 Å². The molecule has 0 aliphatic heterocycles. The van der Waals surface area contributed by atoms with E-state index in [-0.39, 0.29) is 12.5 Å². The maximum absolute atomic E-state index is 12.4. The number of amides is 1. The normalized spacial score (nSPS) is 13.9. The minimum absolute atomic E-state index is 0.0710. The number of nitrogens with one attached hydrogen (secondary N) is 1. The van der Waals surface area contributed by atoms with Crippen LogP contribution in [0.15, 0.2) is 24.7 Å². The van der Waals surface area contributed by atoms with Crippen LogP contribution in [0.2, 0.25) is 0 Å². The Morgan fingerprint density at radius 3 is 2.79 bits per heavy atom. The van der Waals surface area contributed by atoms with Crippen molar-refractivity contribution in [2.45, 2.75) is 19.4 Å². The zero-order valence-corrected chi connectivity index (χ0v) is 14.1. The van der Waals surface area contributed by atoms with E-state index in [1.807, 2.05) is 14.0 Å². The summed E-state index contributed by atoms with van der Waals surface area (Å²) in [5.41, 5.74) is 1.41. The van der Waals surface area contributed by atoms with Gasteiger partial charge < -0.3 is 10.4 Å². The van der Waals surface area contributed by atoms with Crippen molar-refractivity contribution in [2.75, 3.05) is 6.54 Å². The van der Waals surface area contributed by atoms with E-state index in [0.717, 1.165) is 16.7 Å². The van der Waals surface area contributed by atoms with Crippen LogP contribution in [0.25, 0.3) is 11.0 Å². The Kier molecular flexibility index (Phi) is 3.84. The van der Waals surface area contributed by atoms with E-state index in [1.165, 1.54) is 6.20 Å². The number of aromatic nitrogens is 5. The molecule has 2 N–H and O–H groups in total. The van der Waals surface area contributed by atoms with Crippen molar-refractivity contribution in [3.8, 4) is 0 Å². The molecule has 3 aromatic rings. The standard InChI is InChI=1S/C16H20N6O2/c1-10-13-5-11(6-17-14(13)22(4)20-10)15(23)18-9-16(2,24)12-7-19-21(3)8-12/h5-8,24H,9H2,1-4H3,(H,18,23). The molecule has 3 heterocycles. The largest absolute Gasteiger partial charge is 0.383 e. The van der Waals surface area contributed by atoms with Gasteiger partial charge in [-0.3, -0.25) is 14.2 Å². The Morgan fingerprint density at radius 1 is 1.38 bits per heavy atom. The summed E-state index contributed by atoms with van der Waals surface area (Å²) in [5, 5.41) is 22.4. The number of aryl methyl sites for hydroxylation is 3. The number of carbonyl (C=O) groups is 1. The highest BCUT2D eigenvalue weighted by Crippen LogP contribution is 2.19. The SMILES string of the molecule is Cc1nn(C)c2ncc(C(=O)NCC(C)(O)c3cnn(C)c3)cc12. The Hall–Kier alpha value is -2.74. The van der Waals surface area contributed by atoms with Crippen LogP contribution in [-0.4, -0.2) is 42.1 Å². The van der Waals surface area contributed by atoms with E-state index >= 15 is 0 Å². The van der Waals surface area contributed by atoms with Crippen LogP contribution in [0.1, 0.15) is 28.5 Å². The smallest absolute Gasteiger partial charge is 0.252 e. The second-order valence-corrected chi connectivity index (χ2v) is 6.16. The third-order valence-electron chi connectivity index (χ3n) is 4.05. The van der Waals surface area contributed by atoms with Crippen molar-refractivity contribution >= 4 is 16.9 Å². The van der Waals surface area contributed by atoms with Crippen molar-refractivity contribution in [1.82, 2.24) is 29.9 Å². The van der Waals surface area contributed by atoms with E-state index in [4.69, 9.17) is 0 Å². The average Bonchev–Trinajstić information content (AvgIpc) is 3.10. The third kappa shape index (κ3) is 2.88. The first-order valence-electron chi connectivity index (χ1n) is 7.57. The van der Waals surface area contributed by atoms with Gasteiger partial charge in [0.1, 0.15) is 5.60 Å². The fourth-order valence-electron chi connectivity index (χ4n) is 2.59. The first-order chi connectivity index (χ1) is 11.3. The summed E-state index contributed by atoms with van der Waals surface area (Å²) in [6, 6.07) is 1.76. The molecular formula is C16H20N6O2. The van der Waals surface area contributed by atoms with Crippen LogP contribution in [-0.2, 0) is 19.7 Å². The fourth-order valence-corrected chi connectivity index (χ4v) is 2.59. The Balaban J connectivity index is 1.76. The number of pyridine rings is 1. The second kappa shape index (κ2) is 5.72. The first kappa shape index (κ1) is 16.1. The number of hydrogen-bond acceptors (Lipinski definition) is 5. The van der Waals surface area contributed by atoms with E-state index in [1.54, 1.807) is 41.8 Å². The lowest BCUT2D eigenvalue weighted by Gasteiger charge is -2.22. The lowest BCUT2D eigenvalue weighted by Crippen LogP contribution is -2.38. The summed E-state index contributed by atoms with van der Waals surface area (Å²) in [4.78, 5) is 16.7. The number of fused-ring (bicyclic) bond motifs is 1. The van der Waals surface area contributed by atoms with Crippen LogP contribution in [0.5, 0.6) is 0 Å². The van der Waals surface area contributed by atoms with Crippen molar-refractivity contribution in [2.24, 2.45) is 14.1 Å². The number of aliphatic hydroxyl groups is 1. The van der Waals surface area contributed by atoms with Crippen LogP contribution in [0.4, 0.5) is 0 Å². The topological polar surface area (TPSA) is 97.9 Å². The van der Waals surface area contributed by atoms with Crippen LogP contribution in [0.3, 0.4) is 0 Å². The maximum atomic E-state index is 12.4. The molecule has 3 rings (SSSR count). The average molecular weight is 328 g/mol. The molecule has 0 bridgehead atoms. The van der Waals surface area contributed by atoms with Crippen molar-refractivity contribution < 1.29 is 9.90 Å². The number of rotatable bonds is 4. The highest BCUT2D eigenvalue weighted by atomic mass is 16.3. The summed E-state index contributed by atoms with van der Waals surface area (Å²) in [6.07, 6.45) is 4.81. The van der Waals surface area contributed by atoms with Gasteiger partial charge in [0.25, 0.3) is 5.91 Å². The number of hydrogen-bond donors (Lipinski definition) is 2. The quantitative estimate of drug-likeness (QED) is 0.733. The fraction of sp³-hybridized carbons (Fsp3) is 0.375. The molecule has 3 aromatic heterocycles. The van der Waals surface area contributed by atoms with Gasteiger partial charge in [-0.15, -0.1) is 0 Å². The molecule has 24 heavy (non-hydrogen) atoms. The molecule has 0 spiro atoms. The molecule has 0 saturated heterocycles. The van der Waals surface area contributed by atoms with Crippen LogP contribution < -0.4 is 5.32 Å². The predicted molar refractivity (Wildman–Crippen MR) is 88.4 cm³/mol. The van der Waals surface area contributed by atoms with Gasteiger partial charge in [-0.2, -0.15) is 10.2 Å². The molecule has 0 aliphatic rings. The molecular weight excluding hydrogens is 308 g/mol. The highest BCUT2D eigenvalue weighted by molar-refractivity contribution is 5.97. The summed E-state index contributed by atoms with van der Waals surface area (Å²) in [7, 11) is 3.59. The first-order valence-corrected chi connectivity index (χ1v) is 7.57. The zero-order valence-electron chi connectivity index (χ0n) is 14.1. The molecule has 1 unspecified atom stereocenters. The van der Waals surface area contributed by atoms with Gasteiger partial charge >= 0.3 is 0 Å². The van der Waals surface area contributed by atoms with Crippen LogP contribution in [0, 0.1) is 6.92 Å². The van der Waals surface area contributed by atoms with E-state index in [2.05, 4.69) is 20.5 Å². The van der Waals surface area contributed by atoms with Gasteiger partial charge in [0.05, 0.1) is 24.0 Å². The molecule has 1 atom stereocenters. The third-order valence-corrected chi connectivity index (χ3v) is 4.05. The lowest BCUT2D eigenvalue weighted by molar-refractivity contribution is 0.0526. The predicted octanol–water partition coefficient (Wildman–Crippen LogP) is 0.648. The molecule has 0 aliphatic carbocycles. The Morgan fingerprint density at radius 2 is 2.12 bits per heavy atom. The Labute approximate surface area is 139 Å². The van der Waals surface area contributed by atoms with Crippen molar-refractivity contribution in [3.63, 3.8) is 0 Å². The van der Waals surface area contributed by atoms with Crippen molar-refractivity contribution in [1.29, 1.82) is 0 Å². The minimum atomic E-state index is -1.20. The molecule has 8 heteroatoms. The van der Waals surface area contributed by atoms with Gasteiger partial charge in [0, 0.05) is 37.4 Å². The summed E-state index contributed by atoms with van der Waals surface area (Å²) in [5.74, 6) is -0.295. The molecule has 0 aromatic carbocycles. The van der Waals surface area contributed by atoms with Gasteiger partial charge in [-0.25, -0.2) is 4.98 Å². The molecule has 0 radical (unpaired) electrons. The van der Waals surface area contributed by atoms with Gasteiger partial charge in [-0.05, 0) is 19.9 Å². The molecule has 1 amide bonds. The Bertz CT molecular complexity index is 909. The van der Waals surface area contributed by atoms with Crippen LogP contribution >= 0.6 is 0 Å². The molecule has 0 saturated carbocycles. The summed E-state index contributed by atoms with van der Waals surface area (Å²) >= 11 is 0. The second-order valence-electron chi connectivity index (χ2n) is 6.16. The van der Waals surface area contributed by atoms with Gasteiger partial charge in [-0.1, -0.05) is 0 Å². The highest BCUT2D eigenvalue weighted by Gasteiger charge is 2.25. The van der Waals surface area contributed by atoms with E-state index in [0.29, 0.717) is 11.1 Å². The molecule has 126 valence electrons.